The molecule has 2 amide bonds. The number of anilines is 1. The summed E-state index contributed by atoms with van der Waals surface area (Å²) in [6.45, 7) is 9.70. The molecule has 0 aliphatic carbocycles. The largest absolute Gasteiger partial charge is 0.494 e. The highest BCUT2D eigenvalue weighted by Crippen LogP contribution is 2.26. The van der Waals surface area contributed by atoms with E-state index < -0.39 is 28.5 Å². The van der Waals surface area contributed by atoms with Crippen molar-refractivity contribution in [2.75, 3.05) is 17.5 Å². The zero-order valence-electron chi connectivity index (χ0n) is 24.5. The summed E-state index contributed by atoms with van der Waals surface area (Å²) in [5.41, 5.74) is 2.23. The summed E-state index contributed by atoms with van der Waals surface area (Å²) in [6, 6.07) is 21.6. The molecule has 0 fully saturated rings. The van der Waals surface area contributed by atoms with Gasteiger partial charge >= 0.3 is 0 Å². The molecule has 2 atom stereocenters. The molecule has 9 heteroatoms. The Kier molecular flexibility index (Phi) is 11.3. The van der Waals surface area contributed by atoms with Crippen molar-refractivity contribution in [1.29, 1.82) is 0 Å². The number of hydrogen-bond donors (Lipinski definition) is 1. The number of benzene rings is 3. The van der Waals surface area contributed by atoms with Crippen molar-refractivity contribution in [1.82, 2.24) is 10.2 Å². The maximum Gasteiger partial charge on any atom is 0.264 e. The van der Waals surface area contributed by atoms with Gasteiger partial charge in [0, 0.05) is 12.6 Å². The number of nitrogens with zero attached hydrogens (tertiary/aromatic N) is 2. The molecule has 0 unspecified atom stereocenters. The van der Waals surface area contributed by atoms with E-state index in [0.717, 1.165) is 21.9 Å². The van der Waals surface area contributed by atoms with E-state index in [1.165, 1.54) is 17.0 Å². The molecular formula is C32H41N3O5S. The third-order valence-electron chi connectivity index (χ3n) is 6.87. The van der Waals surface area contributed by atoms with Crippen LogP contribution in [0.25, 0.3) is 0 Å². The third-order valence-corrected chi connectivity index (χ3v) is 8.66. The van der Waals surface area contributed by atoms with Crippen LogP contribution < -0.4 is 14.4 Å². The van der Waals surface area contributed by atoms with Gasteiger partial charge in [0.05, 0.1) is 17.2 Å². The number of hydrogen-bond acceptors (Lipinski definition) is 5. The van der Waals surface area contributed by atoms with Gasteiger partial charge in [0.25, 0.3) is 10.0 Å². The second-order valence-electron chi connectivity index (χ2n) is 10.0. The van der Waals surface area contributed by atoms with Crippen molar-refractivity contribution in [3.05, 3.63) is 90.0 Å². The van der Waals surface area contributed by atoms with Crippen molar-refractivity contribution in [3.8, 4) is 5.75 Å². The number of amides is 2. The van der Waals surface area contributed by atoms with E-state index >= 15 is 0 Å². The lowest BCUT2D eigenvalue weighted by atomic mass is 10.1. The molecule has 0 aromatic heterocycles. The van der Waals surface area contributed by atoms with E-state index in [2.05, 4.69) is 5.32 Å². The van der Waals surface area contributed by atoms with E-state index in [-0.39, 0.29) is 23.4 Å². The molecule has 41 heavy (non-hydrogen) atoms. The zero-order chi connectivity index (χ0) is 30.0. The summed E-state index contributed by atoms with van der Waals surface area (Å²) in [4.78, 5) is 29.0. The van der Waals surface area contributed by atoms with Crippen LogP contribution in [0.5, 0.6) is 5.75 Å². The van der Waals surface area contributed by atoms with Crippen LogP contribution in [0.4, 0.5) is 5.69 Å². The Bertz CT molecular complexity index is 1390. The highest BCUT2D eigenvalue weighted by atomic mass is 32.2. The molecule has 0 aliphatic heterocycles. The van der Waals surface area contributed by atoms with E-state index in [9.17, 15) is 18.0 Å². The summed E-state index contributed by atoms with van der Waals surface area (Å²) < 4.78 is 34.5. The number of sulfonamides is 1. The molecule has 1 N–H and O–H groups in total. The number of para-hydroxylation sites is 1. The number of ether oxygens (including phenoxy) is 1. The lowest BCUT2D eigenvalue weighted by molar-refractivity contribution is -0.140. The Hall–Kier alpha value is -3.85. The maximum atomic E-state index is 14.1. The van der Waals surface area contributed by atoms with Crippen LogP contribution in [-0.4, -0.2) is 50.4 Å². The first-order valence-electron chi connectivity index (χ1n) is 14.1. The van der Waals surface area contributed by atoms with Gasteiger partial charge in [-0.05, 0) is 75.6 Å². The summed E-state index contributed by atoms with van der Waals surface area (Å²) in [7, 11) is -4.14. The van der Waals surface area contributed by atoms with Gasteiger partial charge in [0.15, 0.2) is 0 Å². The van der Waals surface area contributed by atoms with Gasteiger partial charge in [-0.3, -0.25) is 13.9 Å². The van der Waals surface area contributed by atoms with Crippen molar-refractivity contribution in [2.24, 2.45) is 0 Å². The Labute approximate surface area is 244 Å². The maximum absolute atomic E-state index is 14.1. The second-order valence-corrected chi connectivity index (χ2v) is 11.9. The average molecular weight is 580 g/mol. The molecule has 0 radical (unpaired) electrons. The van der Waals surface area contributed by atoms with Crippen LogP contribution in [-0.2, 0) is 26.2 Å². The highest BCUT2D eigenvalue weighted by molar-refractivity contribution is 7.92. The topological polar surface area (TPSA) is 96.0 Å². The van der Waals surface area contributed by atoms with Gasteiger partial charge in [-0.15, -0.1) is 0 Å². The lowest BCUT2D eigenvalue weighted by Crippen LogP contribution is -2.53. The van der Waals surface area contributed by atoms with E-state index in [1.54, 1.807) is 42.5 Å². The van der Waals surface area contributed by atoms with Crippen molar-refractivity contribution in [2.45, 2.75) is 71.0 Å². The summed E-state index contributed by atoms with van der Waals surface area (Å²) in [5.74, 6) is -0.185. The summed E-state index contributed by atoms with van der Waals surface area (Å²) >= 11 is 0. The Balaban J connectivity index is 2.02. The fraction of sp³-hybridized carbons (Fsp3) is 0.375. The Morgan fingerprint density at radius 2 is 1.59 bits per heavy atom. The zero-order valence-corrected chi connectivity index (χ0v) is 25.4. The van der Waals surface area contributed by atoms with Gasteiger partial charge < -0.3 is 15.0 Å². The molecule has 0 saturated carbocycles. The normalized spacial score (nSPS) is 12.7. The standard InChI is InChI=1S/C32H41N3O5S/c1-6-25(5)33-32(37)30(7-2)34(22-26-14-12-13-24(4)21-26)31(36)23-35(27-15-10-9-11-16-27)41(38,39)29-19-17-28(18-20-29)40-8-3/h9-21,25,30H,6-8,22-23H2,1-5H3,(H,33,37)/t25-,30-/m1/s1. The smallest absolute Gasteiger partial charge is 0.264 e. The van der Waals surface area contributed by atoms with Crippen molar-refractivity contribution >= 4 is 27.5 Å². The van der Waals surface area contributed by atoms with Crippen molar-refractivity contribution < 1.29 is 22.7 Å². The summed E-state index contributed by atoms with van der Waals surface area (Å²) in [5, 5.41) is 2.99. The van der Waals surface area contributed by atoms with Gasteiger partial charge in [-0.25, -0.2) is 8.42 Å². The molecule has 0 saturated heterocycles. The minimum atomic E-state index is -4.14. The highest BCUT2D eigenvalue weighted by Gasteiger charge is 2.34. The second kappa shape index (κ2) is 14.7. The molecule has 3 rings (SSSR count). The van der Waals surface area contributed by atoms with Gasteiger partial charge in [-0.2, -0.15) is 0 Å². The number of carbonyl (C=O) groups excluding carboxylic acids is 2. The molecule has 0 bridgehead atoms. The fourth-order valence-corrected chi connectivity index (χ4v) is 5.91. The van der Waals surface area contributed by atoms with Crippen LogP contribution in [0.15, 0.2) is 83.8 Å². The Morgan fingerprint density at radius 1 is 0.902 bits per heavy atom. The van der Waals surface area contributed by atoms with Crippen LogP contribution >= 0.6 is 0 Å². The van der Waals surface area contributed by atoms with E-state index in [4.69, 9.17) is 4.74 Å². The van der Waals surface area contributed by atoms with Crippen LogP contribution in [0, 0.1) is 6.92 Å². The third kappa shape index (κ3) is 8.33. The predicted octanol–water partition coefficient (Wildman–Crippen LogP) is 5.31. The van der Waals surface area contributed by atoms with Gasteiger partial charge in [0.1, 0.15) is 18.3 Å². The van der Waals surface area contributed by atoms with Crippen LogP contribution in [0.1, 0.15) is 51.7 Å². The Morgan fingerprint density at radius 3 is 2.17 bits per heavy atom. The average Bonchev–Trinajstić information content (AvgIpc) is 2.96. The minimum absolute atomic E-state index is 0.0318. The quantitative estimate of drug-likeness (QED) is 0.279. The molecule has 3 aromatic carbocycles. The molecule has 0 spiro atoms. The summed E-state index contributed by atoms with van der Waals surface area (Å²) in [6.07, 6.45) is 1.12. The SMILES string of the molecule is CCOc1ccc(S(=O)(=O)N(CC(=O)N(Cc2cccc(C)c2)[C@H](CC)C(=O)N[C@H](C)CC)c2ccccc2)cc1. The predicted molar refractivity (Wildman–Crippen MR) is 162 cm³/mol. The first-order chi connectivity index (χ1) is 19.6. The molecule has 0 aliphatic rings. The van der Waals surface area contributed by atoms with Gasteiger partial charge in [-0.1, -0.05) is 61.9 Å². The van der Waals surface area contributed by atoms with Crippen LogP contribution in [0.2, 0.25) is 0 Å². The minimum Gasteiger partial charge on any atom is -0.494 e. The number of rotatable bonds is 14. The fourth-order valence-electron chi connectivity index (χ4n) is 4.49. The molecule has 0 heterocycles. The first-order valence-corrected chi connectivity index (χ1v) is 15.5. The monoisotopic (exact) mass is 579 g/mol. The van der Waals surface area contributed by atoms with Crippen molar-refractivity contribution in [3.63, 3.8) is 0 Å². The molecular weight excluding hydrogens is 538 g/mol. The first kappa shape index (κ1) is 31.7. The number of aryl methyl sites for hydroxylation is 1. The van der Waals surface area contributed by atoms with Crippen LogP contribution in [0.3, 0.4) is 0 Å². The number of carbonyl (C=O) groups is 2. The molecule has 3 aromatic rings. The molecule has 220 valence electrons. The lowest BCUT2D eigenvalue weighted by Gasteiger charge is -2.33. The van der Waals surface area contributed by atoms with Gasteiger partial charge in [0.2, 0.25) is 11.8 Å². The number of nitrogens with one attached hydrogen (secondary N) is 1. The molecule has 8 nitrogen and oxygen atoms in total. The van der Waals surface area contributed by atoms with E-state index in [0.29, 0.717) is 24.5 Å². The van der Waals surface area contributed by atoms with E-state index in [1.807, 2.05) is 58.9 Å².